The quantitative estimate of drug-likeness (QED) is 0.577. The van der Waals surface area contributed by atoms with Crippen molar-refractivity contribution in [1.82, 2.24) is 0 Å². The van der Waals surface area contributed by atoms with Gasteiger partial charge in [-0.05, 0) is 65.7 Å². The van der Waals surface area contributed by atoms with Gasteiger partial charge in [0.1, 0.15) is 11.5 Å². The van der Waals surface area contributed by atoms with Crippen molar-refractivity contribution in [2.75, 3.05) is 14.2 Å². The highest BCUT2D eigenvalue weighted by Crippen LogP contribution is 2.19. The van der Waals surface area contributed by atoms with Crippen molar-refractivity contribution in [2.24, 2.45) is 9.98 Å². The van der Waals surface area contributed by atoms with E-state index in [1.807, 2.05) is 85.2 Å². The van der Waals surface area contributed by atoms with Gasteiger partial charge in [-0.25, -0.2) is 0 Å². The summed E-state index contributed by atoms with van der Waals surface area (Å²) in [5, 5.41) is 0. The Hall–Kier alpha value is -3.40. The number of hydrogen-bond acceptors (Lipinski definition) is 4. The molecule has 0 saturated carbocycles. The van der Waals surface area contributed by atoms with E-state index in [4.69, 9.17) is 9.47 Å². The summed E-state index contributed by atoms with van der Waals surface area (Å²) >= 11 is 0. The molecule has 0 aromatic heterocycles. The molecule has 0 unspecified atom stereocenters. The molecule has 0 radical (unpaired) electrons. The predicted molar refractivity (Wildman–Crippen MR) is 107 cm³/mol. The minimum Gasteiger partial charge on any atom is -0.497 e. The zero-order chi connectivity index (χ0) is 18.2. The first-order chi connectivity index (χ1) is 12.8. The van der Waals surface area contributed by atoms with Gasteiger partial charge < -0.3 is 9.47 Å². The van der Waals surface area contributed by atoms with Crippen LogP contribution in [0.15, 0.2) is 82.8 Å². The van der Waals surface area contributed by atoms with E-state index < -0.39 is 0 Å². The second kappa shape index (κ2) is 8.62. The Labute approximate surface area is 153 Å². The van der Waals surface area contributed by atoms with E-state index in [0.29, 0.717) is 0 Å². The van der Waals surface area contributed by atoms with E-state index in [1.165, 1.54) is 0 Å². The van der Waals surface area contributed by atoms with Gasteiger partial charge in [-0.3, -0.25) is 9.98 Å². The topological polar surface area (TPSA) is 43.2 Å². The van der Waals surface area contributed by atoms with Gasteiger partial charge >= 0.3 is 0 Å². The SMILES string of the molecule is COc1ccc(N=Cc2cccc(C=Nc3ccc(OC)cc3)c2)cc1. The summed E-state index contributed by atoms with van der Waals surface area (Å²) in [4.78, 5) is 8.98. The summed E-state index contributed by atoms with van der Waals surface area (Å²) in [6.45, 7) is 0. The first kappa shape index (κ1) is 17.4. The van der Waals surface area contributed by atoms with Crippen molar-refractivity contribution in [1.29, 1.82) is 0 Å². The van der Waals surface area contributed by atoms with Crippen LogP contribution in [-0.2, 0) is 0 Å². The number of methoxy groups -OCH3 is 2. The van der Waals surface area contributed by atoms with Gasteiger partial charge in [0.2, 0.25) is 0 Å². The third kappa shape index (κ3) is 4.80. The average molecular weight is 344 g/mol. The first-order valence-electron chi connectivity index (χ1n) is 8.23. The molecule has 0 bridgehead atoms. The van der Waals surface area contributed by atoms with Crippen molar-refractivity contribution >= 4 is 23.8 Å². The molecule has 3 aromatic rings. The maximum Gasteiger partial charge on any atom is 0.119 e. The number of aliphatic imine (C=N–C) groups is 2. The zero-order valence-corrected chi connectivity index (χ0v) is 14.8. The molecule has 0 N–H and O–H groups in total. The highest BCUT2D eigenvalue weighted by Gasteiger charge is 1.95. The summed E-state index contributed by atoms with van der Waals surface area (Å²) < 4.78 is 10.3. The van der Waals surface area contributed by atoms with Gasteiger partial charge in [0, 0.05) is 12.4 Å². The lowest BCUT2D eigenvalue weighted by Gasteiger charge is -2.00. The number of rotatable bonds is 6. The van der Waals surface area contributed by atoms with Gasteiger partial charge in [0.25, 0.3) is 0 Å². The maximum atomic E-state index is 5.15. The summed E-state index contributed by atoms with van der Waals surface area (Å²) in [5.74, 6) is 1.64. The highest BCUT2D eigenvalue weighted by molar-refractivity contribution is 5.88. The molecule has 0 saturated heterocycles. The smallest absolute Gasteiger partial charge is 0.119 e. The molecule has 0 aliphatic carbocycles. The Morgan fingerprint density at radius 2 is 1.04 bits per heavy atom. The molecule has 130 valence electrons. The lowest BCUT2D eigenvalue weighted by molar-refractivity contribution is 0.415. The second-order valence-corrected chi connectivity index (χ2v) is 5.58. The lowest BCUT2D eigenvalue weighted by Crippen LogP contribution is -1.86. The van der Waals surface area contributed by atoms with Gasteiger partial charge in [0.05, 0.1) is 25.6 Å². The van der Waals surface area contributed by atoms with Crippen molar-refractivity contribution < 1.29 is 9.47 Å². The minimum absolute atomic E-state index is 0.820. The van der Waals surface area contributed by atoms with E-state index in [9.17, 15) is 0 Å². The Balaban J connectivity index is 1.70. The molecule has 0 fully saturated rings. The summed E-state index contributed by atoms with van der Waals surface area (Å²) in [6.07, 6.45) is 3.68. The lowest BCUT2D eigenvalue weighted by atomic mass is 10.1. The monoisotopic (exact) mass is 344 g/mol. The van der Waals surface area contributed by atoms with Crippen LogP contribution in [0.3, 0.4) is 0 Å². The van der Waals surface area contributed by atoms with Gasteiger partial charge in [0.15, 0.2) is 0 Å². The highest BCUT2D eigenvalue weighted by atomic mass is 16.5. The summed E-state index contributed by atoms with van der Waals surface area (Å²) in [7, 11) is 3.30. The van der Waals surface area contributed by atoms with Crippen LogP contribution in [0.2, 0.25) is 0 Å². The number of benzene rings is 3. The average Bonchev–Trinajstić information content (AvgIpc) is 2.72. The molecule has 0 atom stereocenters. The van der Waals surface area contributed by atoms with Crippen LogP contribution in [0.4, 0.5) is 11.4 Å². The normalized spacial score (nSPS) is 11.2. The van der Waals surface area contributed by atoms with Crippen LogP contribution in [0.1, 0.15) is 11.1 Å². The van der Waals surface area contributed by atoms with Gasteiger partial charge in [-0.1, -0.05) is 18.2 Å². The molecule has 0 heterocycles. The zero-order valence-electron chi connectivity index (χ0n) is 14.8. The van der Waals surface area contributed by atoms with Crippen molar-refractivity contribution in [3.8, 4) is 11.5 Å². The van der Waals surface area contributed by atoms with E-state index in [2.05, 4.69) is 9.98 Å². The molecule has 0 aliphatic heterocycles. The molecule has 3 aromatic carbocycles. The molecule has 3 rings (SSSR count). The van der Waals surface area contributed by atoms with Gasteiger partial charge in [-0.2, -0.15) is 0 Å². The van der Waals surface area contributed by atoms with Crippen LogP contribution < -0.4 is 9.47 Å². The van der Waals surface area contributed by atoms with E-state index in [-0.39, 0.29) is 0 Å². The van der Waals surface area contributed by atoms with Crippen LogP contribution >= 0.6 is 0 Å². The predicted octanol–water partition coefficient (Wildman–Crippen LogP) is 5.21. The fraction of sp³-hybridized carbons (Fsp3) is 0.0909. The number of ether oxygens (including phenoxy) is 2. The largest absolute Gasteiger partial charge is 0.497 e. The van der Waals surface area contributed by atoms with Crippen LogP contribution in [0, 0.1) is 0 Å². The third-order valence-electron chi connectivity index (χ3n) is 3.78. The number of nitrogens with zero attached hydrogens (tertiary/aromatic N) is 2. The molecule has 4 nitrogen and oxygen atoms in total. The third-order valence-corrected chi connectivity index (χ3v) is 3.78. The Kier molecular flexibility index (Phi) is 5.78. The molecule has 0 spiro atoms. The van der Waals surface area contributed by atoms with Crippen LogP contribution in [0.5, 0.6) is 11.5 Å². The minimum atomic E-state index is 0.820. The van der Waals surface area contributed by atoms with Gasteiger partial charge in [-0.15, -0.1) is 0 Å². The molecule has 4 heteroatoms. The van der Waals surface area contributed by atoms with E-state index in [0.717, 1.165) is 34.0 Å². The van der Waals surface area contributed by atoms with Crippen molar-refractivity contribution in [3.05, 3.63) is 83.9 Å². The standard InChI is InChI=1S/C22H20N2O2/c1-25-21-10-6-19(7-11-21)23-15-17-4-3-5-18(14-17)16-24-20-8-12-22(26-2)13-9-20/h3-16H,1-2H3. The second-order valence-electron chi connectivity index (χ2n) is 5.58. The van der Waals surface area contributed by atoms with Crippen molar-refractivity contribution in [2.45, 2.75) is 0 Å². The Morgan fingerprint density at radius 3 is 1.42 bits per heavy atom. The number of hydrogen-bond donors (Lipinski definition) is 0. The van der Waals surface area contributed by atoms with E-state index >= 15 is 0 Å². The first-order valence-corrected chi connectivity index (χ1v) is 8.23. The fourth-order valence-electron chi connectivity index (χ4n) is 2.35. The van der Waals surface area contributed by atoms with Crippen LogP contribution in [-0.4, -0.2) is 26.6 Å². The molecule has 0 aliphatic rings. The summed E-state index contributed by atoms with van der Waals surface area (Å²) in [5.41, 5.74) is 3.78. The Bertz CT molecular complexity index is 825. The molecular weight excluding hydrogens is 324 g/mol. The van der Waals surface area contributed by atoms with Crippen molar-refractivity contribution in [3.63, 3.8) is 0 Å². The van der Waals surface area contributed by atoms with E-state index in [1.54, 1.807) is 14.2 Å². The molecular formula is C22H20N2O2. The molecule has 0 amide bonds. The fourth-order valence-corrected chi connectivity index (χ4v) is 2.35. The Morgan fingerprint density at radius 1 is 0.615 bits per heavy atom. The summed E-state index contributed by atoms with van der Waals surface area (Å²) in [6, 6.07) is 23.3. The molecule has 26 heavy (non-hydrogen) atoms. The maximum absolute atomic E-state index is 5.15. The van der Waals surface area contributed by atoms with Crippen LogP contribution in [0.25, 0.3) is 0 Å².